The van der Waals surface area contributed by atoms with Crippen molar-refractivity contribution in [3.8, 4) is 22.6 Å². The number of nitrogens with zero attached hydrogens (tertiary/aromatic N) is 7. The second kappa shape index (κ2) is 7.29. The molecule has 5 rings (SSSR count). The van der Waals surface area contributed by atoms with Crippen LogP contribution in [-0.4, -0.2) is 55.6 Å². The van der Waals surface area contributed by atoms with Crippen molar-refractivity contribution in [2.45, 2.75) is 13.5 Å². The molecule has 0 radical (unpaired) electrons. The molecule has 1 saturated heterocycles. The van der Waals surface area contributed by atoms with Crippen LogP contribution < -0.4 is 4.90 Å². The SMILES string of the molecule is CCn1cnc2c(N3CCOCC3)nc(-c3cccc(-c4ccn(C)n4)c3)nc21. The minimum Gasteiger partial charge on any atom is -0.378 e. The van der Waals surface area contributed by atoms with Crippen molar-refractivity contribution in [1.82, 2.24) is 29.3 Å². The number of hydrogen-bond donors (Lipinski definition) is 0. The molecule has 148 valence electrons. The number of imidazole rings is 1. The molecule has 0 aliphatic carbocycles. The number of fused-ring (bicyclic) bond motifs is 1. The minimum atomic E-state index is 0.699. The molecule has 0 saturated carbocycles. The van der Waals surface area contributed by atoms with Crippen molar-refractivity contribution < 1.29 is 4.74 Å². The van der Waals surface area contributed by atoms with Gasteiger partial charge in [0.25, 0.3) is 0 Å². The first-order valence-electron chi connectivity index (χ1n) is 9.89. The molecule has 3 aromatic heterocycles. The van der Waals surface area contributed by atoms with E-state index < -0.39 is 0 Å². The van der Waals surface area contributed by atoms with E-state index in [4.69, 9.17) is 14.7 Å². The lowest BCUT2D eigenvalue weighted by Gasteiger charge is -2.28. The molecule has 8 nitrogen and oxygen atoms in total. The van der Waals surface area contributed by atoms with E-state index in [1.54, 1.807) is 4.68 Å². The summed E-state index contributed by atoms with van der Waals surface area (Å²) in [7, 11) is 1.92. The van der Waals surface area contributed by atoms with Crippen LogP contribution in [0, 0.1) is 0 Å². The van der Waals surface area contributed by atoms with Gasteiger partial charge in [-0.3, -0.25) is 4.68 Å². The van der Waals surface area contributed by atoms with E-state index in [-0.39, 0.29) is 0 Å². The summed E-state index contributed by atoms with van der Waals surface area (Å²) >= 11 is 0. The summed E-state index contributed by atoms with van der Waals surface area (Å²) in [6.07, 6.45) is 3.79. The van der Waals surface area contributed by atoms with Crippen LogP contribution in [0.25, 0.3) is 33.8 Å². The molecular formula is C21H23N7O. The van der Waals surface area contributed by atoms with E-state index in [0.717, 1.165) is 53.4 Å². The fraction of sp³-hybridized carbons (Fsp3) is 0.333. The zero-order chi connectivity index (χ0) is 19.8. The Hall–Kier alpha value is -3.26. The van der Waals surface area contributed by atoms with Crippen molar-refractivity contribution in [3.05, 3.63) is 42.9 Å². The maximum absolute atomic E-state index is 5.52. The maximum atomic E-state index is 5.52. The van der Waals surface area contributed by atoms with E-state index >= 15 is 0 Å². The van der Waals surface area contributed by atoms with Gasteiger partial charge in [-0.15, -0.1) is 0 Å². The molecule has 1 fully saturated rings. The first-order valence-corrected chi connectivity index (χ1v) is 9.89. The standard InChI is InChI=1S/C21H23N7O/c1-3-27-14-22-18-20(27)23-19(24-21(18)28-9-11-29-12-10-28)16-6-4-5-15(13-16)17-7-8-26(2)25-17/h4-8,13-14H,3,9-12H2,1-2H3. The number of ether oxygens (including phenoxy) is 1. The third kappa shape index (κ3) is 3.25. The number of benzene rings is 1. The van der Waals surface area contributed by atoms with Crippen LogP contribution in [0.1, 0.15) is 6.92 Å². The van der Waals surface area contributed by atoms with Gasteiger partial charge in [-0.1, -0.05) is 18.2 Å². The Balaban J connectivity index is 1.65. The van der Waals surface area contributed by atoms with Crippen LogP contribution in [0.3, 0.4) is 0 Å². The summed E-state index contributed by atoms with van der Waals surface area (Å²) in [5.41, 5.74) is 4.65. The van der Waals surface area contributed by atoms with E-state index in [9.17, 15) is 0 Å². The summed E-state index contributed by atoms with van der Waals surface area (Å²) in [6.45, 7) is 5.91. The van der Waals surface area contributed by atoms with Gasteiger partial charge in [-0.05, 0) is 19.1 Å². The van der Waals surface area contributed by atoms with Crippen LogP contribution in [0.4, 0.5) is 5.82 Å². The quantitative estimate of drug-likeness (QED) is 0.534. The second-order valence-electron chi connectivity index (χ2n) is 7.13. The van der Waals surface area contributed by atoms with Gasteiger partial charge >= 0.3 is 0 Å². The van der Waals surface area contributed by atoms with Crippen molar-refractivity contribution >= 4 is 17.0 Å². The number of rotatable bonds is 4. The predicted octanol–water partition coefficient (Wildman–Crippen LogP) is 2.75. The Kier molecular flexibility index (Phi) is 4.48. The zero-order valence-corrected chi connectivity index (χ0v) is 16.6. The van der Waals surface area contributed by atoms with E-state index in [2.05, 4.69) is 38.6 Å². The molecular weight excluding hydrogens is 366 g/mol. The average Bonchev–Trinajstić information content (AvgIpc) is 3.39. The van der Waals surface area contributed by atoms with Gasteiger partial charge in [0.1, 0.15) is 0 Å². The Bertz CT molecular complexity index is 1160. The summed E-state index contributed by atoms with van der Waals surface area (Å²) in [4.78, 5) is 16.7. The number of morpholine rings is 1. The predicted molar refractivity (Wildman–Crippen MR) is 112 cm³/mol. The highest BCUT2D eigenvalue weighted by molar-refractivity contribution is 5.86. The molecule has 0 unspecified atom stereocenters. The summed E-state index contributed by atoms with van der Waals surface area (Å²) in [6, 6.07) is 10.2. The molecule has 1 aliphatic heterocycles. The highest BCUT2D eigenvalue weighted by Gasteiger charge is 2.21. The normalized spacial score (nSPS) is 14.6. The van der Waals surface area contributed by atoms with Crippen LogP contribution >= 0.6 is 0 Å². The molecule has 1 aliphatic rings. The molecule has 0 amide bonds. The van der Waals surface area contributed by atoms with Gasteiger partial charge in [0.2, 0.25) is 0 Å². The van der Waals surface area contributed by atoms with E-state index in [1.807, 2.05) is 37.8 Å². The Morgan fingerprint density at radius 3 is 2.66 bits per heavy atom. The molecule has 29 heavy (non-hydrogen) atoms. The first kappa shape index (κ1) is 17.8. The lowest BCUT2D eigenvalue weighted by Crippen LogP contribution is -2.37. The number of hydrogen-bond acceptors (Lipinski definition) is 6. The van der Waals surface area contributed by atoms with Crippen molar-refractivity contribution in [2.75, 3.05) is 31.2 Å². The molecule has 8 heteroatoms. The second-order valence-corrected chi connectivity index (χ2v) is 7.13. The van der Waals surface area contributed by atoms with Gasteiger partial charge in [0.05, 0.1) is 25.2 Å². The fourth-order valence-corrected chi connectivity index (χ4v) is 3.67. The van der Waals surface area contributed by atoms with Gasteiger partial charge in [0, 0.05) is 44.0 Å². The molecule has 4 aromatic rings. The largest absolute Gasteiger partial charge is 0.378 e. The van der Waals surface area contributed by atoms with Gasteiger partial charge in [-0.2, -0.15) is 5.10 Å². The highest BCUT2D eigenvalue weighted by atomic mass is 16.5. The third-order valence-electron chi connectivity index (χ3n) is 5.23. The fourth-order valence-electron chi connectivity index (χ4n) is 3.67. The Morgan fingerprint density at radius 1 is 1.07 bits per heavy atom. The highest BCUT2D eigenvalue weighted by Crippen LogP contribution is 2.29. The maximum Gasteiger partial charge on any atom is 0.166 e. The van der Waals surface area contributed by atoms with Crippen molar-refractivity contribution in [2.24, 2.45) is 7.05 Å². The Morgan fingerprint density at radius 2 is 1.90 bits per heavy atom. The average molecular weight is 389 g/mol. The lowest BCUT2D eigenvalue weighted by molar-refractivity contribution is 0.122. The Labute approximate surface area is 168 Å². The molecule has 0 spiro atoms. The van der Waals surface area contributed by atoms with Gasteiger partial charge in [0.15, 0.2) is 22.8 Å². The van der Waals surface area contributed by atoms with Crippen LogP contribution in [0.5, 0.6) is 0 Å². The summed E-state index contributed by atoms with van der Waals surface area (Å²) < 4.78 is 9.39. The molecule has 0 atom stereocenters. The first-order chi connectivity index (χ1) is 14.2. The van der Waals surface area contributed by atoms with Crippen LogP contribution in [0.15, 0.2) is 42.9 Å². The summed E-state index contributed by atoms with van der Waals surface area (Å²) in [5.74, 6) is 1.58. The topological polar surface area (TPSA) is 73.9 Å². The van der Waals surface area contributed by atoms with Gasteiger partial charge < -0.3 is 14.2 Å². The zero-order valence-electron chi connectivity index (χ0n) is 16.6. The minimum absolute atomic E-state index is 0.699. The van der Waals surface area contributed by atoms with E-state index in [0.29, 0.717) is 19.0 Å². The third-order valence-corrected chi connectivity index (χ3v) is 5.23. The molecule has 0 bridgehead atoms. The molecule has 1 aromatic carbocycles. The number of aryl methyl sites for hydroxylation is 2. The molecule has 4 heterocycles. The van der Waals surface area contributed by atoms with Gasteiger partial charge in [-0.25, -0.2) is 15.0 Å². The number of aromatic nitrogens is 6. The van der Waals surface area contributed by atoms with Crippen LogP contribution in [-0.2, 0) is 18.3 Å². The lowest BCUT2D eigenvalue weighted by atomic mass is 10.1. The molecule has 0 N–H and O–H groups in total. The van der Waals surface area contributed by atoms with E-state index in [1.165, 1.54) is 0 Å². The smallest absolute Gasteiger partial charge is 0.166 e. The number of anilines is 1. The van der Waals surface area contributed by atoms with Crippen LogP contribution in [0.2, 0.25) is 0 Å². The summed E-state index contributed by atoms with van der Waals surface area (Å²) in [5, 5.41) is 4.52. The van der Waals surface area contributed by atoms with Crippen molar-refractivity contribution in [1.29, 1.82) is 0 Å². The monoisotopic (exact) mass is 389 g/mol. The van der Waals surface area contributed by atoms with Crippen molar-refractivity contribution in [3.63, 3.8) is 0 Å².